The van der Waals surface area contributed by atoms with Gasteiger partial charge in [0.05, 0.1) is 11.5 Å². The van der Waals surface area contributed by atoms with Crippen LogP contribution in [0.4, 0.5) is 5.69 Å². The third kappa shape index (κ3) is 5.25. The maximum Gasteiger partial charge on any atom is 0.273 e. The summed E-state index contributed by atoms with van der Waals surface area (Å²) in [6, 6.07) is 17.1. The molecular weight excluding hydrogens is 402 g/mol. The van der Waals surface area contributed by atoms with Crippen molar-refractivity contribution in [2.24, 2.45) is 5.92 Å². The first-order chi connectivity index (χ1) is 15.2. The van der Waals surface area contributed by atoms with E-state index < -0.39 is 4.92 Å². The lowest BCUT2D eigenvalue weighted by atomic mass is 10.0. The van der Waals surface area contributed by atoms with E-state index in [4.69, 9.17) is 0 Å². The molecule has 0 aliphatic carbocycles. The molecule has 0 bridgehead atoms. The fourth-order valence-corrected chi connectivity index (χ4v) is 3.79. The second kappa shape index (κ2) is 9.81. The van der Waals surface area contributed by atoms with Crippen LogP contribution in [-0.4, -0.2) is 26.3 Å². The summed E-state index contributed by atoms with van der Waals surface area (Å²) in [5.74, 6) is 0.0391. The Morgan fingerprint density at radius 1 is 1.06 bits per heavy atom. The minimum Gasteiger partial charge on any atom is -0.345 e. The van der Waals surface area contributed by atoms with Crippen molar-refractivity contribution < 1.29 is 9.72 Å². The van der Waals surface area contributed by atoms with Gasteiger partial charge in [0.15, 0.2) is 0 Å². The molecule has 1 heterocycles. The van der Waals surface area contributed by atoms with Crippen LogP contribution < -0.4 is 0 Å². The number of aromatic nitrogens is 1. The Balaban J connectivity index is 1.91. The lowest BCUT2D eigenvalue weighted by molar-refractivity contribution is -0.385. The van der Waals surface area contributed by atoms with Gasteiger partial charge in [-0.1, -0.05) is 49.7 Å². The third-order valence-electron chi connectivity index (χ3n) is 6.06. The number of nitrogens with zero attached hydrogens (tertiary/aromatic N) is 3. The highest BCUT2D eigenvalue weighted by Crippen LogP contribution is 2.24. The van der Waals surface area contributed by atoms with E-state index in [1.165, 1.54) is 17.2 Å². The fourth-order valence-electron chi connectivity index (χ4n) is 3.79. The van der Waals surface area contributed by atoms with E-state index in [1.807, 2.05) is 30.2 Å². The zero-order valence-electron chi connectivity index (χ0n) is 19.4. The van der Waals surface area contributed by atoms with Crippen molar-refractivity contribution in [1.29, 1.82) is 0 Å². The van der Waals surface area contributed by atoms with Crippen molar-refractivity contribution >= 4 is 11.6 Å². The van der Waals surface area contributed by atoms with Crippen LogP contribution >= 0.6 is 0 Å². The summed E-state index contributed by atoms with van der Waals surface area (Å²) in [6.45, 7) is 11.1. The smallest absolute Gasteiger partial charge is 0.273 e. The minimum absolute atomic E-state index is 0.0316. The van der Waals surface area contributed by atoms with Crippen molar-refractivity contribution in [3.63, 3.8) is 0 Å². The average molecular weight is 434 g/mol. The Labute approximate surface area is 189 Å². The van der Waals surface area contributed by atoms with Gasteiger partial charge in [-0.15, -0.1) is 0 Å². The normalized spacial score (nSPS) is 12.1. The zero-order chi connectivity index (χ0) is 23.4. The lowest BCUT2D eigenvalue weighted by Crippen LogP contribution is -2.41. The van der Waals surface area contributed by atoms with Crippen LogP contribution in [0.1, 0.15) is 53.5 Å². The summed E-state index contributed by atoms with van der Waals surface area (Å²) in [4.78, 5) is 26.3. The maximum absolute atomic E-state index is 13.5. The molecule has 6 nitrogen and oxygen atoms in total. The Bertz CT molecular complexity index is 1120. The van der Waals surface area contributed by atoms with Crippen molar-refractivity contribution in [2.45, 2.75) is 53.8 Å². The molecule has 3 aromatic rings. The zero-order valence-corrected chi connectivity index (χ0v) is 19.4. The van der Waals surface area contributed by atoms with Gasteiger partial charge in [0.2, 0.25) is 0 Å². The molecule has 0 aliphatic rings. The van der Waals surface area contributed by atoms with Gasteiger partial charge in [-0.2, -0.15) is 0 Å². The summed E-state index contributed by atoms with van der Waals surface area (Å²) < 4.78 is 2.15. The number of amides is 1. The average Bonchev–Trinajstić information content (AvgIpc) is 3.17. The number of nitro groups is 1. The molecule has 168 valence electrons. The standard InChI is InChI=1S/C26H31N3O3/c1-18(2)21(5)28(26(30)23-12-11-20(4)25(15-23)29(31)32)17-24-10-7-13-27(24)16-22-9-6-8-19(3)14-22/h6-15,18,21H,16-17H2,1-5H3. The van der Waals surface area contributed by atoms with Gasteiger partial charge in [-0.25, -0.2) is 0 Å². The van der Waals surface area contributed by atoms with E-state index in [0.717, 1.165) is 12.2 Å². The highest BCUT2D eigenvalue weighted by atomic mass is 16.6. The number of hydrogen-bond acceptors (Lipinski definition) is 3. The molecule has 3 rings (SSSR count). The largest absolute Gasteiger partial charge is 0.345 e. The highest BCUT2D eigenvalue weighted by molar-refractivity contribution is 5.95. The topological polar surface area (TPSA) is 68.4 Å². The second-order valence-corrected chi connectivity index (χ2v) is 8.79. The van der Waals surface area contributed by atoms with E-state index in [2.05, 4.69) is 49.6 Å². The minimum atomic E-state index is -0.435. The van der Waals surface area contributed by atoms with E-state index >= 15 is 0 Å². The van der Waals surface area contributed by atoms with Gasteiger partial charge in [-0.3, -0.25) is 14.9 Å². The van der Waals surface area contributed by atoms with Gasteiger partial charge in [0.25, 0.3) is 11.6 Å². The third-order valence-corrected chi connectivity index (χ3v) is 6.06. The molecule has 0 radical (unpaired) electrons. The molecule has 2 aromatic carbocycles. The maximum atomic E-state index is 13.5. The molecule has 1 unspecified atom stereocenters. The molecular formula is C26H31N3O3. The number of aryl methyl sites for hydroxylation is 2. The Morgan fingerprint density at radius 3 is 2.47 bits per heavy atom. The fraction of sp³-hybridized carbons (Fsp3) is 0.346. The van der Waals surface area contributed by atoms with Crippen molar-refractivity contribution in [3.8, 4) is 0 Å². The summed E-state index contributed by atoms with van der Waals surface area (Å²) in [7, 11) is 0. The number of nitro benzene ring substituents is 1. The molecule has 0 aliphatic heterocycles. The first-order valence-corrected chi connectivity index (χ1v) is 10.9. The first kappa shape index (κ1) is 23.3. The summed E-state index contributed by atoms with van der Waals surface area (Å²) in [6.07, 6.45) is 2.02. The van der Waals surface area contributed by atoms with E-state index in [0.29, 0.717) is 17.7 Å². The van der Waals surface area contributed by atoms with Crippen LogP contribution in [0.25, 0.3) is 0 Å². The molecule has 0 spiro atoms. The molecule has 1 aromatic heterocycles. The molecule has 0 fully saturated rings. The molecule has 6 heteroatoms. The van der Waals surface area contributed by atoms with E-state index in [-0.39, 0.29) is 23.6 Å². The molecule has 1 atom stereocenters. The molecule has 1 amide bonds. The first-order valence-electron chi connectivity index (χ1n) is 10.9. The summed E-state index contributed by atoms with van der Waals surface area (Å²) in [5, 5.41) is 11.4. The number of hydrogen-bond donors (Lipinski definition) is 0. The van der Waals surface area contributed by atoms with Crippen LogP contribution in [0.15, 0.2) is 60.8 Å². The van der Waals surface area contributed by atoms with Crippen molar-refractivity contribution in [3.05, 3.63) is 98.9 Å². The van der Waals surface area contributed by atoms with Gasteiger partial charge < -0.3 is 9.47 Å². The van der Waals surface area contributed by atoms with Gasteiger partial charge >= 0.3 is 0 Å². The molecule has 32 heavy (non-hydrogen) atoms. The lowest BCUT2D eigenvalue weighted by Gasteiger charge is -2.32. The molecule has 0 saturated carbocycles. The van der Waals surface area contributed by atoms with Gasteiger partial charge in [-0.05, 0) is 50.5 Å². The van der Waals surface area contributed by atoms with Crippen LogP contribution in [0, 0.1) is 29.9 Å². The van der Waals surface area contributed by atoms with E-state index in [9.17, 15) is 14.9 Å². The SMILES string of the molecule is Cc1cccc(Cn2cccc2CN(C(=O)c2ccc(C)c([N+](=O)[O-])c2)C(C)C(C)C)c1. The van der Waals surface area contributed by atoms with Gasteiger partial charge in [0.1, 0.15) is 0 Å². The predicted octanol–water partition coefficient (Wildman–Crippen LogP) is 5.75. The Hall–Kier alpha value is -3.41. The molecule has 0 N–H and O–H groups in total. The predicted molar refractivity (Wildman–Crippen MR) is 127 cm³/mol. The molecule has 0 saturated heterocycles. The number of carbonyl (C=O) groups is 1. The number of benzene rings is 2. The van der Waals surface area contributed by atoms with Crippen LogP contribution in [-0.2, 0) is 13.1 Å². The van der Waals surface area contributed by atoms with Crippen LogP contribution in [0.3, 0.4) is 0 Å². The second-order valence-electron chi connectivity index (χ2n) is 8.79. The monoisotopic (exact) mass is 433 g/mol. The number of carbonyl (C=O) groups excluding carboxylic acids is 1. The van der Waals surface area contributed by atoms with Crippen LogP contribution in [0.5, 0.6) is 0 Å². The van der Waals surface area contributed by atoms with Crippen LogP contribution in [0.2, 0.25) is 0 Å². The van der Waals surface area contributed by atoms with E-state index in [1.54, 1.807) is 19.1 Å². The highest BCUT2D eigenvalue weighted by Gasteiger charge is 2.26. The Kier molecular flexibility index (Phi) is 7.13. The van der Waals surface area contributed by atoms with Crippen molar-refractivity contribution in [1.82, 2.24) is 9.47 Å². The number of rotatable bonds is 8. The quantitative estimate of drug-likeness (QED) is 0.336. The van der Waals surface area contributed by atoms with Gasteiger partial charge in [0, 0.05) is 41.7 Å². The van der Waals surface area contributed by atoms with Crippen molar-refractivity contribution in [2.75, 3.05) is 0 Å². The summed E-state index contributed by atoms with van der Waals surface area (Å²) in [5.41, 5.74) is 4.28. The summed E-state index contributed by atoms with van der Waals surface area (Å²) >= 11 is 0. The Morgan fingerprint density at radius 2 is 1.81 bits per heavy atom.